The third-order valence-corrected chi connectivity index (χ3v) is 4.06. The fourth-order valence-corrected chi connectivity index (χ4v) is 2.53. The zero-order valence-corrected chi connectivity index (χ0v) is 14.9. The van der Waals surface area contributed by atoms with Gasteiger partial charge in [0.2, 0.25) is 0 Å². The number of ether oxygens (including phenoxy) is 2. The Morgan fingerprint density at radius 3 is 2.52 bits per heavy atom. The minimum atomic E-state index is -1.82. The fraction of sp³-hybridized carbons (Fsp3) is 0.368. The predicted molar refractivity (Wildman–Crippen MR) is 95.4 cm³/mol. The van der Waals surface area contributed by atoms with Crippen molar-refractivity contribution in [1.29, 1.82) is 0 Å². The normalized spacial score (nSPS) is 29.2. The van der Waals surface area contributed by atoms with Crippen molar-refractivity contribution in [2.75, 3.05) is 7.11 Å². The van der Waals surface area contributed by atoms with E-state index in [2.05, 4.69) is 0 Å². The maximum Gasteiger partial charge on any atom is 0.342 e. The molecule has 0 aliphatic carbocycles. The van der Waals surface area contributed by atoms with Crippen molar-refractivity contribution in [3.63, 3.8) is 0 Å². The Bertz CT molecular complexity index is 767. The van der Waals surface area contributed by atoms with Gasteiger partial charge in [-0.25, -0.2) is 4.79 Å². The monoisotopic (exact) mass is 378 g/mol. The largest absolute Gasteiger partial charge is 0.507 e. The van der Waals surface area contributed by atoms with Crippen LogP contribution < -0.4 is 4.74 Å². The summed E-state index contributed by atoms with van der Waals surface area (Å²) >= 11 is 0. The van der Waals surface area contributed by atoms with Crippen LogP contribution in [0.5, 0.6) is 11.5 Å². The van der Waals surface area contributed by atoms with E-state index in [1.165, 1.54) is 31.4 Å². The summed E-state index contributed by atoms with van der Waals surface area (Å²) in [5, 5.41) is 40.0. The van der Waals surface area contributed by atoms with Crippen LogP contribution in [-0.2, 0) is 9.53 Å². The van der Waals surface area contributed by atoms with Crippen LogP contribution in [0.3, 0.4) is 0 Å². The molecule has 0 amide bonds. The first-order valence-electron chi connectivity index (χ1n) is 8.29. The first kappa shape index (κ1) is 20.6. The van der Waals surface area contributed by atoms with Crippen molar-refractivity contribution in [3.05, 3.63) is 41.5 Å². The summed E-state index contributed by atoms with van der Waals surface area (Å²) in [6.45, 7) is 1.60. The number of ketones is 1. The Kier molecular flexibility index (Phi) is 6.73. The molecule has 0 bridgehead atoms. The van der Waals surface area contributed by atoms with Crippen molar-refractivity contribution in [2.45, 2.75) is 37.8 Å². The number of phenols is 1. The van der Waals surface area contributed by atoms with Gasteiger partial charge in [-0.15, -0.1) is 0 Å². The molecular weight excluding hydrogens is 356 g/mol. The van der Waals surface area contributed by atoms with Crippen molar-refractivity contribution in [1.82, 2.24) is 0 Å². The number of carbonyl (C=O) groups is 2. The Morgan fingerprint density at radius 2 is 1.85 bits per heavy atom. The maximum absolute atomic E-state index is 12.5. The number of hydrogen-bond donors (Lipinski definition) is 4. The molecule has 4 atom stereocenters. The van der Waals surface area contributed by atoms with Gasteiger partial charge in [0.25, 0.3) is 0 Å². The number of carbonyl (C=O) groups excluding carboxylic acids is 2. The van der Waals surface area contributed by atoms with Crippen LogP contribution >= 0.6 is 0 Å². The Balaban J connectivity index is 2.52. The van der Waals surface area contributed by atoms with E-state index >= 15 is 0 Å². The van der Waals surface area contributed by atoms with Crippen LogP contribution in [0, 0.1) is 0 Å². The minimum Gasteiger partial charge on any atom is -0.507 e. The molecule has 4 N–H and O–H groups in total. The first-order chi connectivity index (χ1) is 12.7. The van der Waals surface area contributed by atoms with Crippen molar-refractivity contribution in [3.8, 4) is 11.5 Å². The zero-order chi connectivity index (χ0) is 20.1. The van der Waals surface area contributed by atoms with Gasteiger partial charge in [-0.2, -0.15) is 0 Å². The molecule has 0 spiro atoms. The molecule has 0 aromatic heterocycles. The lowest BCUT2D eigenvalue weighted by Crippen LogP contribution is -2.40. The molecule has 27 heavy (non-hydrogen) atoms. The smallest absolute Gasteiger partial charge is 0.342 e. The van der Waals surface area contributed by atoms with Crippen molar-refractivity contribution < 1.29 is 39.5 Å². The topological polar surface area (TPSA) is 134 Å². The van der Waals surface area contributed by atoms with Gasteiger partial charge in [0.1, 0.15) is 41.5 Å². The molecule has 8 heteroatoms. The van der Waals surface area contributed by atoms with Gasteiger partial charge in [0.05, 0.1) is 7.11 Å². The zero-order valence-electron chi connectivity index (χ0n) is 14.9. The SMILES string of the molecule is COc1cc(O)c2c(c1)/C=C/C(O)C(O)[C@H](O)C(=O)/C=C\C[C@H](C)OC2=O. The minimum absolute atomic E-state index is 0.141. The van der Waals surface area contributed by atoms with Gasteiger partial charge in [0.15, 0.2) is 5.78 Å². The fourth-order valence-electron chi connectivity index (χ4n) is 2.53. The molecule has 1 aliphatic heterocycles. The van der Waals surface area contributed by atoms with E-state index in [-0.39, 0.29) is 29.0 Å². The highest BCUT2D eigenvalue weighted by Gasteiger charge is 2.28. The molecular formula is C19H22O8. The second kappa shape index (κ2) is 8.81. The molecule has 8 nitrogen and oxygen atoms in total. The van der Waals surface area contributed by atoms with Crippen LogP contribution in [0.4, 0.5) is 0 Å². The second-order valence-electron chi connectivity index (χ2n) is 6.15. The van der Waals surface area contributed by atoms with E-state index < -0.39 is 36.2 Å². The number of aromatic hydroxyl groups is 1. The molecule has 1 aromatic rings. The Labute approximate surface area is 156 Å². The van der Waals surface area contributed by atoms with Crippen molar-refractivity contribution >= 4 is 17.8 Å². The van der Waals surface area contributed by atoms with Gasteiger partial charge in [0, 0.05) is 12.5 Å². The summed E-state index contributed by atoms with van der Waals surface area (Å²) in [5.41, 5.74) is 0.0296. The molecule has 2 rings (SSSR count). The average molecular weight is 378 g/mol. The molecule has 0 radical (unpaired) electrons. The van der Waals surface area contributed by atoms with Gasteiger partial charge >= 0.3 is 5.97 Å². The number of cyclic esters (lactones) is 1. The van der Waals surface area contributed by atoms with E-state index in [1.54, 1.807) is 6.92 Å². The number of aliphatic hydroxyl groups excluding tert-OH is 3. The molecule has 0 fully saturated rings. The third-order valence-electron chi connectivity index (χ3n) is 4.06. The highest BCUT2D eigenvalue weighted by Crippen LogP contribution is 2.30. The van der Waals surface area contributed by atoms with Crippen LogP contribution in [0.25, 0.3) is 6.08 Å². The highest BCUT2D eigenvalue weighted by atomic mass is 16.5. The molecule has 0 saturated heterocycles. The van der Waals surface area contributed by atoms with Crippen LogP contribution in [-0.4, -0.2) is 63.7 Å². The van der Waals surface area contributed by atoms with Gasteiger partial charge in [-0.3, -0.25) is 4.79 Å². The standard InChI is InChI=1S/C19H22O8/c1-10-4-3-5-13(20)17(23)18(24)14(21)7-6-11-8-12(26-2)9-15(22)16(11)19(25)27-10/h3,5-10,14,17-18,21-24H,4H2,1-2H3/b5-3-,7-6+/t10-,14?,17+,18?/m0/s1. The van der Waals surface area contributed by atoms with E-state index in [9.17, 15) is 30.0 Å². The lowest BCUT2D eigenvalue weighted by atomic mass is 10.00. The molecule has 1 aliphatic rings. The van der Waals surface area contributed by atoms with E-state index in [0.717, 1.165) is 12.2 Å². The summed E-state index contributed by atoms with van der Waals surface area (Å²) in [6, 6.07) is 2.68. The predicted octanol–water partition coefficient (Wildman–Crippen LogP) is 0.571. The molecule has 0 saturated carbocycles. The summed E-state index contributed by atoms with van der Waals surface area (Å²) in [5.74, 6) is -1.70. The van der Waals surface area contributed by atoms with Gasteiger partial charge < -0.3 is 29.9 Å². The van der Waals surface area contributed by atoms with Crippen molar-refractivity contribution in [2.24, 2.45) is 0 Å². The number of phenolic OH excluding ortho intramolecular Hbond substituents is 1. The van der Waals surface area contributed by atoms with E-state index in [0.29, 0.717) is 0 Å². The number of aliphatic hydroxyl groups is 3. The quantitative estimate of drug-likeness (QED) is 0.521. The number of methoxy groups -OCH3 is 1. The number of rotatable bonds is 1. The number of hydrogen-bond acceptors (Lipinski definition) is 8. The van der Waals surface area contributed by atoms with Crippen LogP contribution in [0.1, 0.15) is 29.3 Å². The van der Waals surface area contributed by atoms with Gasteiger partial charge in [-0.1, -0.05) is 18.2 Å². The summed E-state index contributed by atoms with van der Waals surface area (Å²) < 4.78 is 10.3. The lowest BCUT2D eigenvalue weighted by molar-refractivity contribution is -0.131. The van der Waals surface area contributed by atoms with Crippen LogP contribution in [0.2, 0.25) is 0 Å². The average Bonchev–Trinajstić information content (AvgIpc) is 2.63. The number of esters is 1. The summed E-state index contributed by atoms with van der Waals surface area (Å²) in [6.07, 6.45) is -0.845. The Morgan fingerprint density at radius 1 is 1.15 bits per heavy atom. The highest BCUT2D eigenvalue weighted by molar-refractivity contribution is 5.97. The summed E-state index contributed by atoms with van der Waals surface area (Å²) in [7, 11) is 1.38. The third kappa shape index (κ3) is 4.94. The van der Waals surface area contributed by atoms with E-state index in [1.807, 2.05) is 0 Å². The maximum atomic E-state index is 12.5. The molecule has 146 valence electrons. The molecule has 1 aromatic carbocycles. The Hall–Kier alpha value is -2.68. The molecule has 2 unspecified atom stereocenters. The van der Waals surface area contributed by atoms with Gasteiger partial charge in [-0.05, 0) is 24.6 Å². The number of fused-ring (bicyclic) bond motifs is 1. The number of benzene rings is 1. The first-order valence-corrected chi connectivity index (χ1v) is 8.29. The lowest BCUT2D eigenvalue weighted by Gasteiger charge is -2.20. The van der Waals surface area contributed by atoms with Crippen LogP contribution in [0.15, 0.2) is 30.4 Å². The van der Waals surface area contributed by atoms with E-state index in [4.69, 9.17) is 9.47 Å². The summed E-state index contributed by atoms with van der Waals surface area (Å²) in [4.78, 5) is 24.3. The second-order valence-corrected chi connectivity index (χ2v) is 6.15. The molecule has 1 heterocycles.